The molecular weight excluding hydrogens is 322 g/mol. The van der Waals surface area contributed by atoms with Crippen molar-refractivity contribution in [3.05, 3.63) is 63.2 Å². The maximum atomic E-state index is 12.1. The first kappa shape index (κ1) is 15.0. The quantitative estimate of drug-likeness (QED) is 0.690. The first-order chi connectivity index (χ1) is 11.0. The summed E-state index contributed by atoms with van der Waals surface area (Å²) in [4.78, 5) is 22.4. The molecule has 0 saturated heterocycles. The summed E-state index contributed by atoms with van der Waals surface area (Å²) in [7, 11) is 0. The number of phenols is 1. The molecule has 2 aromatic rings. The second-order valence-corrected chi connectivity index (χ2v) is 5.30. The molecule has 3 rings (SSSR count). The summed E-state index contributed by atoms with van der Waals surface area (Å²) in [5.41, 5.74) is 0.785. The molecule has 0 unspecified atom stereocenters. The van der Waals surface area contributed by atoms with Crippen LogP contribution in [0, 0.1) is 10.1 Å². The van der Waals surface area contributed by atoms with E-state index in [1.165, 1.54) is 23.2 Å². The Hall–Kier alpha value is -2.93. The summed E-state index contributed by atoms with van der Waals surface area (Å²) in [6.45, 7) is 0. The summed E-state index contributed by atoms with van der Waals surface area (Å²) < 4.78 is 0. The first-order valence-electron chi connectivity index (χ1n) is 6.59. The van der Waals surface area contributed by atoms with Crippen molar-refractivity contribution in [3.8, 4) is 5.75 Å². The molecular formula is C15H10ClN3O4. The lowest BCUT2D eigenvalue weighted by atomic mass is 10.1. The van der Waals surface area contributed by atoms with Gasteiger partial charge in [-0.05, 0) is 30.3 Å². The van der Waals surface area contributed by atoms with Gasteiger partial charge in [0.25, 0.3) is 11.6 Å². The molecule has 0 atom stereocenters. The molecule has 1 N–H and O–H groups in total. The van der Waals surface area contributed by atoms with E-state index in [4.69, 9.17) is 11.6 Å². The molecule has 0 aromatic heterocycles. The van der Waals surface area contributed by atoms with Crippen LogP contribution in [0.3, 0.4) is 0 Å². The third-order valence-electron chi connectivity index (χ3n) is 3.35. The smallest absolute Gasteiger partial charge is 0.270 e. The molecule has 0 radical (unpaired) electrons. The highest BCUT2D eigenvalue weighted by atomic mass is 35.5. The van der Waals surface area contributed by atoms with E-state index in [1.807, 2.05) is 0 Å². The van der Waals surface area contributed by atoms with Crippen molar-refractivity contribution in [3.63, 3.8) is 0 Å². The molecule has 0 fully saturated rings. The summed E-state index contributed by atoms with van der Waals surface area (Å²) in [5.74, 6) is -0.465. The monoisotopic (exact) mass is 331 g/mol. The number of nitro groups is 1. The van der Waals surface area contributed by atoms with Gasteiger partial charge in [-0.25, -0.2) is 5.01 Å². The summed E-state index contributed by atoms with van der Waals surface area (Å²) in [5, 5.41) is 26.6. The molecule has 1 aliphatic heterocycles. The third kappa shape index (κ3) is 2.86. The van der Waals surface area contributed by atoms with Gasteiger partial charge < -0.3 is 5.11 Å². The van der Waals surface area contributed by atoms with Crippen LogP contribution >= 0.6 is 11.6 Å². The average molecular weight is 332 g/mol. The second-order valence-electron chi connectivity index (χ2n) is 4.86. The van der Waals surface area contributed by atoms with Gasteiger partial charge in [0.2, 0.25) is 0 Å². The van der Waals surface area contributed by atoms with Crippen LogP contribution in [0.25, 0.3) is 0 Å². The van der Waals surface area contributed by atoms with Crippen molar-refractivity contribution in [1.29, 1.82) is 0 Å². The minimum Gasteiger partial charge on any atom is -0.507 e. The van der Waals surface area contributed by atoms with E-state index >= 15 is 0 Å². The maximum Gasteiger partial charge on any atom is 0.270 e. The largest absolute Gasteiger partial charge is 0.507 e. The highest BCUT2D eigenvalue weighted by molar-refractivity contribution is 6.30. The average Bonchev–Trinajstić information content (AvgIpc) is 2.90. The van der Waals surface area contributed by atoms with Gasteiger partial charge in [-0.15, -0.1) is 0 Å². The SMILES string of the molecule is O=C1CC(c2cc([N+](=O)[O-])ccc2O)=NN1c1ccc(Cl)cc1. The van der Waals surface area contributed by atoms with Gasteiger partial charge >= 0.3 is 0 Å². The molecule has 0 bridgehead atoms. The van der Waals surface area contributed by atoms with Gasteiger partial charge in [0.1, 0.15) is 5.75 Å². The molecule has 8 heteroatoms. The number of hydrogen-bond donors (Lipinski definition) is 1. The molecule has 0 aliphatic carbocycles. The number of rotatable bonds is 3. The van der Waals surface area contributed by atoms with Gasteiger partial charge in [0.15, 0.2) is 0 Å². The summed E-state index contributed by atoms with van der Waals surface area (Å²) in [6.07, 6.45) is -0.0582. The van der Waals surface area contributed by atoms with Gasteiger partial charge in [-0.2, -0.15) is 5.10 Å². The number of halogens is 1. The van der Waals surface area contributed by atoms with E-state index in [2.05, 4.69) is 5.10 Å². The second kappa shape index (κ2) is 5.69. The minimum atomic E-state index is -0.572. The molecule has 0 saturated carbocycles. The van der Waals surface area contributed by atoms with Crippen molar-refractivity contribution >= 4 is 34.6 Å². The molecule has 23 heavy (non-hydrogen) atoms. The molecule has 2 aromatic carbocycles. The van der Waals surface area contributed by atoms with Crippen LogP contribution in [-0.2, 0) is 4.79 Å². The Balaban J connectivity index is 2.00. The Labute approximate surface area is 135 Å². The van der Waals surface area contributed by atoms with Gasteiger partial charge in [0.05, 0.1) is 22.7 Å². The van der Waals surface area contributed by atoms with E-state index in [1.54, 1.807) is 24.3 Å². The Kier molecular flexibility index (Phi) is 3.71. The maximum absolute atomic E-state index is 12.1. The lowest BCUT2D eigenvalue weighted by Crippen LogP contribution is -2.19. The van der Waals surface area contributed by atoms with Crippen molar-refractivity contribution < 1.29 is 14.8 Å². The standard InChI is InChI=1S/C15H10ClN3O4/c16-9-1-3-10(4-2-9)18-15(21)8-13(17-18)12-7-11(19(22)23)5-6-14(12)20/h1-7,20H,8H2. The Morgan fingerprint density at radius 3 is 2.57 bits per heavy atom. The first-order valence-corrected chi connectivity index (χ1v) is 6.97. The Morgan fingerprint density at radius 1 is 1.22 bits per heavy atom. The lowest BCUT2D eigenvalue weighted by Gasteiger charge is -2.11. The van der Waals surface area contributed by atoms with Crippen LogP contribution in [0.1, 0.15) is 12.0 Å². The highest BCUT2D eigenvalue weighted by Crippen LogP contribution is 2.29. The Morgan fingerprint density at radius 2 is 1.91 bits per heavy atom. The number of hydrogen-bond acceptors (Lipinski definition) is 5. The number of benzene rings is 2. The fourth-order valence-electron chi connectivity index (χ4n) is 2.23. The van der Waals surface area contributed by atoms with Crippen molar-refractivity contribution in [1.82, 2.24) is 0 Å². The third-order valence-corrected chi connectivity index (χ3v) is 3.60. The van der Waals surface area contributed by atoms with E-state index in [-0.39, 0.29) is 35.0 Å². The number of phenolic OH excluding ortho intramolecular Hbond substituents is 1. The molecule has 7 nitrogen and oxygen atoms in total. The zero-order chi connectivity index (χ0) is 16.6. The molecule has 1 heterocycles. The fraction of sp³-hybridized carbons (Fsp3) is 0.0667. The van der Waals surface area contributed by atoms with Crippen LogP contribution in [0.4, 0.5) is 11.4 Å². The zero-order valence-corrected chi connectivity index (χ0v) is 12.4. The molecule has 116 valence electrons. The van der Waals surface area contributed by atoms with Crippen LogP contribution in [-0.4, -0.2) is 21.6 Å². The van der Waals surface area contributed by atoms with Crippen molar-refractivity contribution in [2.45, 2.75) is 6.42 Å². The van der Waals surface area contributed by atoms with Gasteiger partial charge in [-0.1, -0.05) is 11.6 Å². The number of carbonyl (C=O) groups is 1. The van der Waals surface area contributed by atoms with Crippen molar-refractivity contribution in [2.75, 3.05) is 5.01 Å². The van der Waals surface area contributed by atoms with Crippen LogP contribution in [0.2, 0.25) is 5.02 Å². The fourth-order valence-corrected chi connectivity index (χ4v) is 2.36. The number of nitro benzene ring substituents is 1. The Bertz CT molecular complexity index is 833. The van der Waals surface area contributed by atoms with Crippen LogP contribution in [0.15, 0.2) is 47.6 Å². The number of hydrazone groups is 1. The number of amides is 1. The van der Waals surface area contributed by atoms with Gasteiger partial charge in [-0.3, -0.25) is 14.9 Å². The number of aromatic hydroxyl groups is 1. The number of carbonyl (C=O) groups excluding carboxylic acids is 1. The molecule has 0 spiro atoms. The predicted octanol–water partition coefficient (Wildman–Crippen LogP) is 3.09. The van der Waals surface area contributed by atoms with Crippen molar-refractivity contribution in [2.24, 2.45) is 5.10 Å². The van der Waals surface area contributed by atoms with E-state index in [0.29, 0.717) is 10.7 Å². The minimum absolute atomic E-state index is 0.0582. The highest BCUT2D eigenvalue weighted by Gasteiger charge is 2.28. The lowest BCUT2D eigenvalue weighted by molar-refractivity contribution is -0.384. The molecule has 1 aliphatic rings. The van der Waals surface area contributed by atoms with E-state index in [9.17, 15) is 20.0 Å². The topological polar surface area (TPSA) is 96.0 Å². The summed E-state index contributed by atoms with van der Waals surface area (Å²) in [6, 6.07) is 10.1. The number of nitrogens with zero attached hydrogens (tertiary/aromatic N) is 3. The normalized spacial score (nSPS) is 14.0. The molecule has 1 amide bonds. The van der Waals surface area contributed by atoms with E-state index in [0.717, 1.165) is 0 Å². The van der Waals surface area contributed by atoms with Gasteiger partial charge in [0, 0.05) is 22.7 Å². The summed E-state index contributed by atoms with van der Waals surface area (Å²) >= 11 is 5.81. The van der Waals surface area contributed by atoms with E-state index < -0.39 is 4.92 Å². The zero-order valence-electron chi connectivity index (χ0n) is 11.6. The number of non-ortho nitro benzene ring substituents is 1. The van der Waals surface area contributed by atoms with Crippen LogP contribution < -0.4 is 5.01 Å². The number of anilines is 1. The predicted molar refractivity (Wildman–Crippen MR) is 84.9 cm³/mol. The van der Waals surface area contributed by atoms with Crippen LogP contribution in [0.5, 0.6) is 5.75 Å².